The Hall–Kier alpha value is -1.95. The maximum Gasteiger partial charge on any atom is 0.311 e. The molecule has 3 rings (SSSR count). The summed E-state index contributed by atoms with van der Waals surface area (Å²) in [6, 6.07) is 5.39. The van der Waals surface area contributed by atoms with Crippen LogP contribution in [0.2, 0.25) is 0 Å². The summed E-state index contributed by atoms with van der Waals surface area (Å²) < 4.78 is 5.82. The Morgan fingerprint density at radius 3 is 2.95 bits per heavy atom. The molecule has 1 aromatic rings. The van der Waals surface area contributed by atoms with Crippen LogP contribution in [0.1, 0.15) is 18.9 Å². The van der Waals surface area contributed by atoms with Gasteiger partial charge in [0.05, 0.1) is 12.5 Å². The largest absolute Gasteiger partial charge is 0.466 e. The number of ketones is 1. The number of benzene rings is 1. The summed E-state index contributed by atoms with van der Waals surface area (Å²) in [4.78, 5) is 36.8. The Kier molecular flexibility index (Phi) is 3.64. The Labute approximate surface area is 135 Å². The zero-order chi connectivity index (χ0) is 15.9. The first-order chi connectivity index (χ1) is 10.5. The number of esters is 1. The minimum atomic E-state index is -1.20. The average molecular weight is 364 g/mol. The van der Waals surface area contributed by atoms with Gasteiger partial charge in [0.15, 0.2) is 5.78 Å². The van der Waals surface area contributed by atoms with Crippen molar-refractivity contribution in [2.45, 2.75) is 18.8 Å². The van der Waals surface area contributed by atoms with Crippen molar-refractivity contribution >= 4 is 39.3 Å². The van der Waals surface area contributed by atoms with Gasteiger partial charge in [-0.25, -0.2) is 0 Å². The lowest BCUT2D eigenvalue weighted by Crippen LogP contribution is -2.47. The van der Waals surface area contributed by atoms with Crippen molar-refractivity contribution in [2.75, 3.05) is 11.9 Å². The highest BCUT2D eigenvalue weighted by molar-refractivity contribution is 9.10. The molecule has 22 heavy (non-hydrogen) atoms. The number of hydrogen-bond donors (Lipinski definition) is 1. The molecule has 114 valence electrons. The molecule has 5 nitrogen and oxygen atoms in total. The van der Waals surface area contributed by atoms with Crippen molar-refractivity contribution in [1.29, 1.82) is 0 Å². The van der Waals surface area contributed by atoms with Gasteiger partial charge in [0.1, 0.15) is 5.41 Å². The molecule has 1 aliphatic heterocycles. The lowest BCUT2D eigenvalue weighted by molar-refractivity contribution is -0.153. The highest BCUT2D eigenvalue weighted by Crippen LogP contribution is 2.50. The number of rotatable bonds is 2. The van der Waals surface area contributed by atoms with Gasteiger partial charge in [-0.05, 0) is 25.1 Å². The van der Waals surface area contributed by atoms with Gasteiger partial charge in [0.25, 0.3) is 0 Å². The predicted octanol–water partition coefficient (Wildman–Crippen LogP) is 2.35. The second kappa shape index (κ2) is 5.35. The summed E-state index contributed by atoms with van der Waals surface area (Å²) in [5.41, 5.74) is 0.129. The topological polar surface area (TPSA) is 72.5 Å². The maximum atomic E-state index is 12.7. The molecule has 1 heterocycles. The van der Waals surface area contributed by atoms with Crippen molar-refractivity contribution in [3.8, 4) is 0 Å². The van der Waals surface area contributed by atoms with Gasteiger partial charge in [-0.1, -0.05) is 28.1 Å². The van der Waals surface area contributed by atoms with Gasteiger partial charge >= 0.3 is 5.97 Å². The fourth-order valence-electron chi connectivity index (χ4n) is 3.16. The molecule has 0 bridgehead atoms. The van der Waals surface area contributed by atoms with Crippen LogP contribution in [0.3, 0.4) is 0 Å². The molecule has 0 fully saturated rings. The molecule has 2 unspecified atom stereocenters. The average Bonchev–Trinajstić information content (AvgIpc) is 2.76. The van der Waals surface area contributed by atoms with Crippen LogP contribution >= 0.6 is 15.9 Å². The fraction of sp³-hybridized carbons (Fsp3) is 0.312. The lowest BCUT2D eigenvalue weighted by Gasteiger charge is -2.34. The summed E-state index contributed by atoms with van der Waals surface area (Å²) >= 11 is 3.45. The summed E-state index contributed by atoms with van der Waals surface area (Å²) in [6.45, 7) is 1.90. The van der Waals surface area contributed by atoms with E-state index in [1.54, 1.807) is 19.1 Å². The van der Waals surface area contributed by atoms with Crippen molar-refractivity contribution in [2.24, 2.45) is 5.92 Å². The van der Waals surface area contributed by atoms with E-state index < -0.39 is 17.3 Å². The van der Waals surface area contributed by atoms with Gasteiger partial charge in [-0.15, -0.1) is 0 Å². The first-order valence-corrected chi connectivity index (χ1v) is 7.79. The van der Waals surface area contributed by atoms with Crippen LogP contribution in [-0.4, -0.2) is 24.3 Å². The number of nitrogens with one attached hydrogen (secondary N) is 1. The normalized spacial score (nSPS) is 26.0. The van der Waals surface area contributed by atoms with Crippen LogP contribution in [0.5, 0.6) is 0 Å². The predicted molar refractivity (Wildman–Crippen MR) is 83.3 cm³/mol. The standard InChI is InChI=1S/C16H14BrNO4/c1-2-22-14(20)10-8-9(19)6-7-16(10)13-11(17)4-3-5-12(13)18-15(16)21/h3-7,10H,2,8H2,1H3,(H,18,21). The van der Waals surface area contributed by atoms with Gasteiger partial charge < -0.3 is 10.1 Å². The molecular weight excluding hydrogens is 350 g/mol. The molecule has 1 N–H and O–H groups in total. The van der Waals surface area contributed by atoms with Crippen molar-refractivity contribution < 1.29 is 19.1 Å². The van der Waals surface area contributed by atoms with E-state index in [1.165, 1.54) is 12.2 Å². The number of anilines is 1. The van der Waals surface area contributed by atoms with E-state index in [2.05, 4.69) is 21.2 Å². The van der Waals surface area contributed by atoms with Crippen LogP contribution in [0.4, 0.5) is 5.69 Å². The Bertz CT molecular complexity index is 712. The molecular formula is C16H14BrNO4. The second-order valence-corrected chi connectivity index (χ2v) is 6.15. The van der Waals surface area contributed by atoms with Crippen LogP contribution in [0.25, 0.3) is 0 Å². The molecule has 1 spiro atoms. The Morgan fingerprint density at radius 1 is 1.45 bits per heavy atom. The van der Waals surface area contributed by atoms with Crippen LogP contribution < -0.4 is 5.32 Å². The number of carbonyl (C=O) groups is 3. The minimum absolute atomic E-state index is 0.0382. The highest BCUT2D eigenvalue weighted by atomic mass is 79.9. The number of carbonyl (C=O) groups excluding carboxylic acids is 3. The van der Waals surface area contributed by atoms with E-state index in [0.717, 1.165) is 4.47 Å². The van der Waals surface area contributed by atoms with Crippen molar-refractivity contribution in [3.63, 3.8) is 0 Å². The Morgan fingerprint density at radius 2 is 2.23 bits per heavy atom. The number of fused-ring (bicyclic) bond motifs is 2. The van der Waals surface area contributed by atoms with Crippen molar-refractivity contribution in [1.82, 2.24) is 0 Å². The molecule has 1 aliphatic carbocycles. The molecule has 0 radical (unpaired) electrons. The van der Waals surface area contributed by atoms with E-state index in [1.807, 2.05) is 6.07 Å². The Balaban J connectivity index is 2.22. The summed E-state index contributed by atoms with van der Waals surface area (Å²) in [5, 5.41) is 2.80. The minimum Gasteiger partial charge on any atom is -0.466 e. The number of hydrogen-bond acceptors (Lipinski definition) is 4. The SMILES string of the molecule is CCOC(=O)C1CC(=O)C=CC12C(=O)Nc1cccc(Br)c12. The second-order valence-electron chi connectivity index (χ2n) is 5.29. The smallest absolute Gasteiger partial charge is 0.311 e. The van der Waals surface area contributed by atoms with Crippen LogP contribution in [0, 0.1) is 5.92 Å². The number of halogens is 1. The first-order valence-electron chi connectivity index (χ1n) is 7.00. The molecule has 2 aliphatic rings. The molecule has 6 heteroatoms. The molecule has 0 saturated carbocycles. The quantitative estimate of drug-likeness (QED) is 0.818. The summed E-state index contributed by atoms with van der Waals surface area (Å²) in [6.07, 6.45) is 2.87. The number of allylic oxidation sites excluding steroid dienone is 1. The maximum absolute atomic E-state index is 12.7. The van der Waals surface area contributed by atoms with Gasteiger partial charge in [0, 0.05) is 22.1 Å². The monoisotopic (exact) mass is 363 g/mol. The third-order valence-corrected chi connectivity index (χ3v) is 4.77. The third-order valence-electron chi connectivity index (χ3n) is 4.11. The molecule has 1 amide bonds. The highest BCUT2D eigenvalue weighted by Gasteiger charge is 2.56. The van der Waals surface area contributed by atoms with Crippen LogP contribution in [0.15, 0.2) is 34.8 Å². The number of amides is 1. The van der Waals surface area contributed by atoms with Crippen LogP contribution in [-0.2, 0) is 24.5 Å². The first kappa shape index (κ1) is 15.0. The zero-order valence-corrected chi connectivity index (χ0v) is 13.5. The van der Waals surface area contributed by atoms with Crippen molar-refractivity contribution in [3.05, 3.63) is 40.4 Å². The molecule has 0 saturated heterocycles. The van der Waals surface area contributed by atoms with E-state index in [0.29, 0.717) is 11.3 Å². The van der Waals surface area contributed by atoms with Gasteiger partial charge in [-0.3, -0.25) is 14.4 Å². The number of ether oxygens (including phenoxy) is 1. The molecule has 1 aromatic carbocycles. The van der Waals surface area contributed by atoms with E-state index in [9.17, 15) is 14.4 Å². The third kappa shape index (κ3) is 2.01. The van der Waals surface area contributed by atoms with Gasteiger partial charge in [-0.2, -0.15) is 0 Å². The van der Waals surface area contributed by atoms with E-state index in [-0.39, 0.29) is 24.7 Å². The fourth-order valence-corrected chi connectivity index (χ4v) is 3.86. The van der Waals surface area contributed by atoms with Gasteiger partial charge in [0.2, 0.25) is 5.91 Å². The molecule has 2 atom stereocenters. The van der Waals surface area contributed by atoms with E-state index in [4.69, 9.17) is 4.74 Å². The summed E-state index contributed by atoms with van der Waals surface area (Å²) in [7, 11) is 0. The molecule has 0 aromatic heterocycles. The zero-order valence-electron chi connectivity index (χ0n) is 11.9. The lowest BCUT2D eigenvalue weighted by atomic mass is 9.66. The summed E-state index contributed by atoms with van der Waals surface area (Å²) in [5.74, 6) is -1.88. The van der Waals surface area contributed by atoms with E-state index >= 15 is 0 Å².